The summed E-state index contributed by atoms with van der Waals surface area (Å²) < 4.78 is 55.3. The van der Waals surface area contributed by atoms with Gasteiger partial charge in [0, 0.05) is 24.7 Å². The van der Waals surface area contributed by atoms with Gasteiger partial charge in [0.05, 0.1) is 34.9 Å². The lowest BCUT2D eigenvalue weighted by Gasteiger charge is -2.28. The molecule has 3 heterocycles. The summed E-state index contributed by atoms with van der Waals surface area (Å²) in [5, 5.41) is 4.73. The number of carbonyl (C=O) groups excluding carboxylic acids is 1. The molecule has 0 aliphatic heterocycles. The quantitative estimate of drug-likeness (QED) is 0.423. The number of nitrogens with two attached hydrogens (primary N) is 1. The van der Waals surface area contributed by atoms with Crippen LogP contribution in [0.15, 0.2) is 42.9 Å². The number of pyridine rings is 2. The van der Waals surface area contributed by atoms with Crippen molar-refractivity contribution in [1.29, 1.82) is 0 Å². The number of rotatable bonds is 5. The monoisotopic (exact) mass is 487 g/mol. The molecular weight excluding hydrogens is 466 g/mol. The summed E-state index contributed by atoms with van der Waals surface area (Å²) in [7, 11) is 1.65. The molecule has 1 aromatic carbocycles. The van der Waals surface area contributed by atoms with Gasteiger partial charge in [0.25, 0.3) is 5.91 Å². The summed E-state index contributed by atoms with van der Waals surface area (Å²) in [5.74, 6) is -0.995. The summed E-state index contributed by atoms with van der Waals surface area (Å²) in [6.45, 7) is 3.18. The van der Waals surface area contributed by atoms with Crippen LogP contribution in [0.3, 0.4) is 0 Å². The average molecular weight is 487 g/mol. The lowest BCUT2D eigenvalue weighted by atomic mass is 10.1. The van der Waals surface area contributed by atoms with Crippen LogP contribution in [0.25, 0.3) is 10.9 Å². The first kappa shape index (κ1) is 24.0. The van der Waals surface area contributed by atoms with Gasteiger partial charge in [-0.1, -0.05) is 0 Å². The van der Waals surface area contributed by atoms with Gasteiger partial charge >= 0.3 is 6.18 Å². The predicted octanol–water partition coefficient (Wildman–Crippen LogP) is 4.21. The normalized spacial score (nSPS) is 12.7. The minimum absolute atomic E-state index is 0.181. The topological polar surface area (TPSA) is 103 Å². The number of aryl methyl sites for hydroxylation is 2. The van der Waals surface area contributed by atoms with Gasteiger partial charge in [0.1, 0.15) is 18.0 Å². The van der Waals surface area contributed by atoms with Crippen LogP contribution in [-0.2, 0) is 19.8 Å². The van der Waals surface area contributed by atoms with Crippen LogP contribution in [0.2, 0.25) is 0 Å². The maximum atomic E-state index is 15.1. The van der Waals surface area contributed by atoms with Gasteiger partial charge in [-0.2, -0.15) is 18.3 Å². The summed E-state index contributed by atoms with van der Waals surface area (Å²) in [6.07, 6.45) is -2.41. The Morgan fingerprint density at radius 2 is 1.94 bits per heavy atom. The Hall–Kier alpha value is -4.09. The van der Waals surface area contributed by atoms with Crippen LogP contribution in [-0.4, -0.2) is 35.5 Å². The number of alkyl halides is 3. The number of hydrogen-bond donors (Lipinski definition) is 1. The number of anilines is 1. The van der Waals surface area contributed by atoms with Crippen molar-refractivity contribution in [3.8, 4) is 0 Å². The fourth-order valence-electron chi connectivity index (χ4n) is 3.57. The Bertz CT molecular complexity index is 1400. The highest BCUT2D eigenvalue weighted by Crippen LogP contribution is 2.30. The second-order valence-electron chi connectivity index (χ2n) is 8.14. The average Bonchev–Trinajstić information content (AvgIpc) is 3.23. The Morgan fingerprint density at radius 1 is 1.20 bits per heavy atom. The highest BCUT2D eigenvalue weighted by atomic mass is 19.4. The van der Waals surface area contributed by atoms with Gasteiger partial charge < -0.3 is 10.6 Å². The third-order valence-corrected chi connectivity index (χ3v) is 5.57. The van der Waals surface area contributed by atoms with Gasteiger partial charge in [-0.3, -0.25) is 14.5 Å². The van der Waals surface area contributed by atoms with E-state index in [2.05, 4.69) is 20.1 Å². The SMILES string of the molecule is Cc1cc2cc(C(=O)N(Cc3ccc(C(F)(F)F)cn3)C(C)c3ncn(C)n3)c(F)cc2nc1N. The molecule has 3 aromatic heterocycles. The molecule has 0 bridgehead atoms. The number of carbonyl (C=O) groups is 1. The molecule has 8 nitrogen and oxygen atoms in total. The lowest BCUT2D eigenvalue weighted by molar-refractivity contribution is -0.137. The van der Waals surface area contributed by atoms with Crippen LogP contribution in [0, 0.1) is 12.7 Å². The molecule has 0 spiro atoms. The van der Waals surface area contributed by atoms with Gasteiger partial charge in [-0.15, -0.1) is 0 Å². The highest BCUT2D eigenvalue weighted by Gasteiger charge is 2.32. The molecule has 0 radical (unpaired) electrons. The third-order valence-electron chi connectivity index (χ3n) is 5.57. The van der Waals surface area contributed by atoms with Crippen molar-refractivity contribution >= 4 is 22.6 Å². The van der Waals surface area contributed by atoms with E-state index in [1.54, 1.807) is 27.0 Å². The first-order chi connectivity index (χ1) is 16.4. The van der Waals surface area contributed by atoms with E-state index < -0.39 is 29.5 Å². The van der Waals surface area contributed by atoms with E-state index in [-0.39, 0.29) is 35.0 Å². The van der Waals surface area contributed by atoms with E-state index in [0.29, 0.717) is 17.1 Å². The summed E-state index contributed by atoms with van der Waals surface area (Å²) in [5.41, 5.74) is 5.79. The summed E-state index contributed by atoms with van der Waals surface area (Å²) in [4.78, 5) is 27.0. The standard InChI is InChI=1S/C23H21F4N7O/c1-12-6-14-7-17(18(24)8-19(14)31-20(12)28)22(35)34(13(2)21-30-11-33(3)32-21)10-16-5-4-15(9-29-16)23(25,26)27/h4-9,11,13H,10H2,1-3H3,(H2,28,31). The molecule has 0 saturated heterocycles. The fourth-order valence-corrected chi connectivity index (χ4v) is 3.57. The van der Waals surface area contributed by atoms with Crippen molar-refractivity contribution in [3.63, 3.8) is 0 Å². The zero-order valence-electron chi connectivity index (χ0n) is 19.0. The van der Waals surface area contributed by atoms with Crippen molar-refractivity contribution in [1.82, 2.24) is 29.6 Å². The Labute approximate surface area is 197 Å². The second kappa shape index (κ2) is 8.93. The Balaban J connectivity index is 1.75. The van der Waals surface area contributed by atoms with E-state index in [9.17, 15) is 18.0 Å². The molecule has 4 aromatic rings. The number of nitrogens with zero attached hydrogens (tertiary/aromatic N) is 6. The molecule has 0 aliphatic carbocycles. The predicted molar refractivity (Wildman–Crippen MR) is 119 cm³/mol. The van der Waals surface area contributed by atoms with E-state index in [4.69, 9.17) is 5.73 Å². The molecule has 0 saturated carbocycles. The molecule has 2 N–H and O–H groups in total. The minimum Gasteiger partial charge on any atom is -0.383 e. The summed E-state index contributed by atoms with van der Waals surface area (Å²) in [6, 6.07) is 5.50. The number of aromatic nitrogens is 5. The molecular formula is C23H21F4N7O. The molecule has 0 fully saturated rings. The Kier molecular flexibility index (Phi) is 6.14. The van der Waals surface area contributed by atoms with Crippen molar-refractivity contribution < 1.29 is 22.4 Å². The maximum Gasteiger partial charge on any atom is 0.417 e. The van der Waals surface area contributed by atoms with Crippen molar-refractivity contribution in [2.75, 3.05) is 5.73 Å². The van der Waals surface area contributed by atoms with Gasteiger partial charge in [-0.05, 0) is 43.7 Å². The molecule has 1 unspecified atom stereocenters. The third kappa shape index (κ3) is 4.91. The molecule has 4 rings (SSSR count). The number of fused-ring (bicyclic) bond motifs is 1. The van der Waals surface area contributed by atoms with Crippen molar-refractivity contribution in [3.05, 3.63) is 76.9 Å². The first-order valence-electron chi connectivity index (χ1n) is 10.5. The minimum atomic E-state index is -4.55. The van der Waals surface area contributed by atoms with Crippen LogP contribution >= 0.6 is 0 Å². The lowest BCUT2D eigenvalue weighted by Crippen LogP contribution is -2.34. The van der Waals surface area contributed by atoms with Crippen molar-refractivity contribution in [2.24, 2.45) is 7.05 Å². The van der Waals surface area contributed by atoms with E-state index in [1.165, 1.54) is 28.0 Å². The molecule has 182 valence electrons. The zero-order valence-corrected chi connectivity index (χ0v) is 19.0. The van der Waals surface area contributed by atoms with Crippen LogP contribution in [0.5, 0.6) is 0 Å². The Morgan fingerprint density at radius 3 is 2.54 bits per heavy atom. The largest absolute Gasteiger partial charge is 0.417 e. The number of amides is 1. The maximum absolute atomic E-state index is 15.1. The summed E-state index contributed by atoms with van der Waals surface area (Å²) >= 11 is 0. The molecule has 1 atom stereocenters. The molecule has 12 heteroatoms. The van der Waals surface area contributed by atoms with Crippen LogP contribution in [0.1, 0.15) is 46.0 Å². The number of halogens is 4. The molecule has 0 aliphatic rings. The fraction of sp³-hybridized carbons (Fsp3) is 0.261. The number of nitrogen functional groups attached to an aromatic ring is 1. The van der Waals surface area contributed by atoms with E-state index in [1.807, 2.05) is 0 Å². The second-order valence-corrected chi connectivity index (χ2v) is 8.14. The van der Waals surface area contributed by atoms with E-state index in [0.717, 1.165) is 12.1 Å². The van der Waals surface area contributed by atoms with Crippen LogP contribution < -0.4 is 5.73 Å². The van der Waals surface area contributed by atoms with E-state index >= 15 is 4.39 Å². The first-order valence-corrected chi connectivity index (χ1v) is 10.5. The van der Waals surface area contributed by atoms with Gasteiger partial charge in [-0.25, -0.2) is 14.4 Å². The molecule has 35 heavy (non-hydrogen) atoms. The zero-order chi connectivity index (χ0) is 25.5. The molecule has 1 amide bonds. The number of benzene rings is 1. The number of hydrogen-bond acceptors (Lipinski definition) is 6. The van der Waals surface area contributed by atoms with Gasteiger partial charge in [0.2, 0.25) is 0 Å². The highest BCUT2D eigenvalue weighted by molar-refractivity contribution is 5.98. The smallest absolute Gasteiger partial charge is 0.383 e. The van der Waals surface area contributed by atoms with Crippen molar-refractivity contribution in [2.45, 2.75) is 32.6 Å². The van der Waals surface area contributed by atoms with Gasteiger partial charge in [0.15, 0.2) is 5.82 Å². The van der Waals surface area contributed by atoms with Crippen LogP contribution in [0.4, 0.5) is 23.4 Å².